The maximum Gasteiger partial charge on any atom is 0.272 e. The molecule has 10 heteroatoms. The Morgan fingerprint density at radius 2 is 1.81 bits per heavy atom. The van der Waals surface area contributed by atoms with Crippen LogP contribution in [0.25, 0.3) is 11.1 Å². The summed E-state index contributed by atoms with van der Waals surface area (Å²) in [4.78, 5) is 29.0. The summed E-state index contributed by atoms with van der Waals surface area (Å²) in [6.07, 6.45) is 6.88. The van der Waals surface area contributed by atoms with Crippen LogP contribution < -0.4 is 5.32 Å². The maximum atomic E-state index is 13.9. The van der Waals surface area contributed by atoms with Crippen LogP contribution in [0.1, 0.15) is 54.5 Å². The molecule has 198 valence electrons. The van der Waals surface area contributed by atoms with Crippen LogP contribution in [0.3, 0.4) is 0 Å². The van der Waals surface area contributed by atoms with Crippen molar-refractivity contribution in [3.05, 3.63) is 53.6 Å². The number of aromatic nitrogens is 4. The van der Waals surface area contributed by atoms with Gasteiger partial charge in [-0.05, 0) is 62.3 Å². The van der Waals surface area contributed by atoms with Gasteiger partial charge in [-0.3, -0.25) is 24.0 Å². The predicted octanol–water partition coefficient (Wildman–Crippen LogP) is 4.07. The first-order chi connectivity index (χ1) is 17.7. The molecule has 3 N–H and O–H groups in total. The minimum absolute atomic E-state index is 0.0175. The van der Waals surface area contributed by atoms with Crippen LogP contribution in [-0.4, -0.2) is 65.9 Å². The average molecular weight is 525 g/mol. The lowest BCUT2D eigenvalue weighted by Gasteiger charge is -2.38. The molecular weight excluding hydrogens is 488 g/mol. The fourth-order valence-electron chi connectivity index (χ4n) is 5.25. The van der Waals surface area contributed by atoms with Gasteiger partial charge in [-0.2, -0.15) is 10.2 Å². The summed E-state index contributed by atoms with van der Waals surface area (Å²) >= 11 is 0. The van der Waals surface area contributed by atoms with Gasteiger partial charge in [0.05, 0.1) is 5.69 Å². The molecular formula is C27H36N6O3S. The van der Waals surface area contributed by atoms with Crippen molar-refractivity contribution in [2.24, 2.45) is 11.8 Å². The molecule has 9 nitrogen and oxygen atoms in total. The standard InChI is InChI=1S/C27H36N6O3S/c1-17-5-7-21(8-6-17)25(33(15-16-37(4)36)27(35)23-13-14-28-32-23)26(34)29-22-11-9-20(10-12-22)24-18(2)30-31-19(24)3/h9-14,17,21,25H,5-8,15-16H2,1-4H3,(H,28,32)(H,29,34)(H,30,31)/t17?,21?,25-,37?/m0/s1. The zero-order valence-electron chi connectivity index (χ0n) is 21.9. The van der Waals surface area contributed by atoms with E-state index < -0.39 is 16.8 Å². The lowest BCUT2D eigenvalue weighted by atomic mass is 9.78. The van der Waals surface area contributed by atoms with Gasteiger partial charge in [0.15, 0.2) is 0 Å². The molecule has 2 atom stereocenters. The summed E-state index contributed by atoms with van der Waals surface area (Å²) in [5.74, 6) is 0.386. The molecule has 4 rings (SSSR count). The van der Waals surface area contributed by atoms with E-state index in [1.54, 1.807) is 17.2 Å². The van der Waals surface area contributed by atoms with E-state index in [9.17, 15) is 13.8 Å². The number of H-pyrrole nitrogens is 2. The summed E-state index contributed by atoms with van der Waals surface area (Å²) in [5.41, 5.74) is 4.95. The molecule has 1 unspecified atom stereocenters. The molecule has 0 radical (unpaired) electrons. The van der Waals surface area contributed by atoms with Crippen LogP contribution in [-0.2, 0) is 15.6 Å². The van der Waals surface area contributed by atoms with Crippen LogP contribution in [0.15, 0.2) is 36.5 Å². The van der Waals surface area contributed by atoms with E-state index in [-0.39, 0.29) is 24.3 Å². The van der Waals surface area contributed by atoms with E-state index in [0.717, 1.165) is 48.2 Å². The Balaban J connectivity index is 1.61. The van der Waals surface area contributed by atoms with E-state index in [1.165, 1.54) is 6.20 Å². The monoisotopic (exact) mass is 524 g/mol. The van der Waals surface area contributed by atoms with Gasteiger partial charge in [-0.25, -0.2) is 0 Å². The SMILES string of the molecule is Cc1n[nH]c(C)c1-c1ccc(NC(=O)[C@H](C2CCC(C)CC2)N(CCS(C)=O)C(=O)c2ccn[nH]2)cc1. The predicted molar refractivity (Wildman–Crippen MR) is 146 cm³/mol. The fourth-order valence-corrected chi connectivity index (χ4v) is 5.70. The summed E-state index contributed by atoms with van der Waals surface area (Å²) < 4.78 is 12.0. The lowest BCUT2D eigenvalue weighted by Crippen LogP contribution is -2.53. The number of hydrogen-bond acceptors (Lipinski definition) is 5. The van der Waals surface area contributed by atoms with Crippen LogP contribution in [0.2, 0.25) is 0 Å². The first-order valence-electron chi connectivity index (χ1n) is 12.8. The van der Waals surface area contributed by atoms with Crippen LogP contribution in [0.4, 0.5) is 5.69 Å². The van der Waals surface area contributed by atoms with Gasteiger partial charge in [-0.1, -0.05) is 31.9 Å². The Morgan fingerprint density at radius 3 is 2.38 bits per heavy atom. The number of carbonyl (C=O) groups is 2. The zero-order chi connectivity index (χ0) is 26.5. The van der Waals surface area contributed by atoms with Gasteiger partial charge in [-0.15, -0.1) is 0 Å². The Bertz CT molecular complexity index is 1210. The van der Waals surface area contributed by atoms with Crippen molar-refractivity contribution < 1.29 is 13.8 Å². The molecule has 3 aromatic rings. The number of nitrogens with zero attached hydrogens (tertiary/aromatic N) is 3. The van der Waals surface area contributed by atoms with E-state index in [0.29, 0.717) is 23.1 Å². The smallest absolute Gasteiger partial charge is 0.272 e. The molecule has 1 aliphatic carbocycles. The third kappa shape index (κ3) is 6.36. The molecule has 2 heterocycles. The number of anilines is 1. The summed E-state index contributed by atoms with van der Waals surface area (Å²) in [6, 6.07) is 8.61. The minimum Gasteiger partial charge on any atom is -0.324 e. The number of carbonyl (C=O) groups excluding carboxylic acids is 2. The zero-order valence-corrected chi connectivity index (χ0v) is 22.7. The third-order valence-corrected chi connectivity index (χ3v) is 8.05. The minimum atomic E-state index is -1.11. The van der Waals surface area contributed by atoms with Crippen molar-refractivity contribution in [1.29, 1.82) is 0 Å². The topological polar surface area (TPSA) is 124 Å². The number of rotatable bonds is 9. The average Bonchev–Trinajstić information content (AvgIpc) is 3.52. The lowest BCUT2D eigenvalue weighted by molar-refractivity contribution is -0.122. The number of amides is 2. The maximum absolute atomic E-state index is 13.9. The highest BCUT2D eigenvalue weighted by molar-refractivity contribution is 7.84. The molecule has 1 fully saturated rings. The Kier molecular flexibility index (Phi) is 8.58. The van der Waals surface area contributed by atoms with E-state index >= 15 is 0 Å². The first kappa shape index (κ1) is 26.8. The fraction of sp³-hybridized carbons (Fsp3) is 0.481. The molecule has 1 aromatic carbocycles. The van der Waals surface area contributed by atoms with Crippen LogP contribution in [0.5, 0.6) is 0 Å². The van der Waals surface area contributed by atoms with Crippen molar-refractivity contribution in [1.82, 2.24) is 25.3 Å². The van der Waals surface area contributed by atoms with E-state index in [1.807, 2.05) is 38.1 Å². The highest BCUT2D eigenvalue weighted by Crippen LogP contribution is 2.34. The number of benzene rings is 1. The van der Waals surface area contributed by atoms with Crippen molar-refractivity contribution in [2.45, 2.75) is 52.5 Å². The number of hydrogen-bond donors (Lipinski definition) is 3. The van der Waals surface area contributed by atoms with Crippen molar-refractivity contribution in [2.75, 3.05) is 23.9 Å². The quantitative estimate of drug-likeness (QED) is 0.389. The van der Waals surface area contributed by atoms with Gasteiger partial charge < -0.3 is 10.2 Å². The third-order valence-electron chi connectivity index (χ3n) is 7.29. The second-order valence-electron chi connectivity index (χ2n) is 10.1. The molecule has 1 saturated carbocycles. The highest BCUT2D eigenvalue weighted by Gasteiger charge is 2.38. The van der Waals surface area contributed by atoms with Crippen molar-refractivity contribution in [3.8, 4) is 11.1 Å². The molecule has 0 saturated heterocycles. The first-order valence-corrected chi connectivity index (χ1v) is 14.5. The van der Waals surface area contributed by atoms with Crippen molar-refractivity contribution >= 4 is 28.3 Å². The Hall–Kier alpha value is -3.27. The summed E-state index contributed by atoms with van der Waals surface area (Å²) in [7, 11) is -1.11. The van der Waals surface area contributed by atoms with Gasteiger partial charge in [0.25, 0.3) is 5.91 Å². The van der Waals surface area contributed by atoms with E-state index in [2.05, 4.69) is 32.6 Å². The van der Waals surface area contributed by atoms with Gasteiger partial charge in [0.1, 0.15) is 11.7 Å². The second kappa shape index (κ2) is 11.9. The van der Waals surface area contributed by atoms with Gasteiger partial charge in [0, 0.05) is 52.5 Å². The molecule has 0 spiro atoms. The van der Waals surface area contributed by atoms with Crippen molar-refractivity contribution in [3.63, 3.8) is 0 Å². The van der Waals surface area contributed by atoms with E-state index in [4.69, 9.17) is 0 Å². The molecule has 37 heavy (non-hydrogen) atoms. The molecule has 1 aliphatic rings. The van der Waals surface area contributed by atoms with Crippen LogP contribution >= 0.6 is 0 Å². The normalized spacial score (nSPS) is 19.2. The molecule has 0 aliphatic heterocycles. The number of nitrogens with one attached hydrogen (secondary N) is 3. The summed E-state index contributed by atoms with van der Waals surface area (Å²) in [5, 5.41) is 17.0. The Morgan fingerprint density at radius 1 is 1.11 bits per heavy atom. The number of aryl methyl sites for hydroxylation is 2. The van der Waals surface area contributed by atoms with Gasteiger partial charge >= 0.3 is 0 Å². The second-order valence-corrected chi connectivity index (χ2v) is 11.6. The van der Waals surface area contributed by atoms with Gasteiger partial charge in [0.2, 0.25) is 5.91 Å². The largest absolute Gasteiger partial charge is 0.324 e. The molecule has 0 bridgehead atoms. The highest BCUT2D eigenvalue weighted by atomic mass is 32.2. The van der Waals surface area contributed by atoms with Crippen LogP contribution in [0, 0.1) is 25.7 Å². The number of aromatic amines is 2. The summed E-state index contributed by atoms with van der Waals surface area (Å²) in [6.45, 7) is 6.39. The molecule has 2 amide bonds. The molecule has 2 aromatic heterocycles. The Labute approximate surface area is 220 Å².